The van der Waals surface area contributed by atoms with Crippen molar-refractivity contribution in [3.63, 3.8) is 0 Å². The molecular weight excluding hydrogens is 246 g/mol. The average molecular weight is 257 g/mol. The van der Waals surface area contributed by atoms with Crippen LogP contribution >= 0.6 is 11.3 Å². The molecule has 90 valence electrons. The van der Waals surface area contributed by atoms with Gasteiger partial charge in [0.2, 0.25) is 5.95 Å². The van der Waals surface area contributed by atoms with Crippen molar-refractivity contribution in [2.45, 2.75) is 25.7 Å². The maximum absolute atomic E-state index is 8.86. The molecule has 1 fully saturated rings. The van der Waals surface area contributed by atoms with E-state index in [4.69, 9.17) is 5.26 Å². The minimum Gasteiger partial charge on any atom is -0.300 e. The van der Waals surface area contributed by atoms with Crippen molar-refractivity contribution in [2.24, 2.45) is 0 Å². The van der Waals surface area contributed by atoms with Crippen LogP contribution in [0.5, 0.6) is 0 Å². The lowest BCUT2D eigenvalue weighted by Crippen LogP contribution is -2.00. The quantitative estimate of drug-likeness (QED) is 0.915. The van der Waals surface area contributed by atoms with Crippen LogP contribution < -0.4 is 5.32 Å². The molecule has 0 bridgehead atoms. The SMILES string of the molecule is Cc1cc(C#N)nc(Nc2nc(C3CC3)cs2)n1. The summed E-state index contributed by atoms with van der Waals surface area (Å²) < 4.78 is 0. The van der Waals surface area contributed by atoms with E-state index in [1.54, 1.807) is 17.4 Å². The zero-order valence-corrected chi connectivity index (χ0v) is 10.7. The second-order valence-corrected chi connectivity index (χ2v) is 5.16. The molecule has 0 amide bonds. The van der Waals surface area contributed by atoms with Crippen LogP contribution in [0.2, 0.25) is 0 Å². The number of thiazole rings is 1. The van der Waals surface area contributed by atoms with E-state index in [-0.39, 0.29) is 0 Å². The largest absolute Gasteiger partial charge is 0.300 e. The Morgan fingerprint density at radius 2 is 2.22 bits per heavy atom. The predicted molar refractivity (Wildman–Crippen MR) is 68.9 cm³/mol. The molecule has 0 unspecified atom stereocenters. The van der Waals surface area contributed by atoms with Crippen LogP contribution in [0.1, 0.15) is 35.8 Å². The summed E-state index contributed by atoms with van der Waals surface area (Å²) in [5.41, 5.74) is 2.28. The van der Waals surface area contributed by atoms with Crippen LogP contribution in [0.15, 0.2) is 11.4 Å². The van der Waals surface area contributed by atoms with E-state index < -0.39 is 0 Å². The summed E-state index contributed by atoms with van der Waals surface area (Å²) in [4.78, 5) is 12.8. The first-order valence-electron chi connectivity index (χ1n) is 5.73. The third-order valence-corrected chi connectivity index (χ3v) is 3.48. The van der Waals surface area contributed by atoms with Gasteiger partial charge in [0.15, 0.2) is 5.13 Å². The zero-order chi connectivity index (χ0) is 12.5. The summed E-state index contributed by atoms with van der Waals surface area (Å²) in [5, 5.41) is 14.8. The molecule has 6 heteroatoms. The number of aromatic nitrogens is 3. The number of nitrogens with one attached hydrogen (secondary N) is 1. The fourth-order valence-electron chi connectivity index (χ4n) is 1.69. The number of anilines is 2. The third kappa shape index (κ3) is 2.31. The van der Waals surface area contributed by atoms with Crippen molar-refractivity contribution < 1.29 is 0 Å². The van der Waals surface area contributed by atoms with Crippen molar-refractivity contribution in [1.29, 1.82) is 5.26 Å². The van der Waals surface area contributed by atoms with Gasteiger partial charge >= 0.3 is 0 Å². The van der Waals surface area contributed by atoms with Crippen LogP contribution in [0.25, 0.3) is 0 Å². The van der Waals surface area contributed by atoms with Gasteiger partial charge in [-0.1, -0.05) is 0 Å². The molecule has 0 spiro atoms. The van der Waals surface area contributed by atoms with Gasteiger partial charge in [-0.05, 0) is 25.8 Å². The Morgan fingerprint density at radius 3 is 2.94 bits per heavy atom. The van der Waals surface area contributed by atoms with Gasteiger partial charge in [0.1, 0.15) is 11.8 Å². The highest BCUT2D eigenvalue weighted by Gasteiger charge is 2.26. The molecule has 0 saturated heterocycles. The number of rotatable bonds is 3. The normalized spacial score (nSPS) is 14.2. The zero-order valence-electron chi connectivity index (χ0n) is 9.84. The van der Waals surface area contributed by atoms with Crippen molar-refractivity contribution in [2.75, 3.05) is 5.32 Å². The molecule has 0 radical (unpaired) electrons. The minimum atomic E-state index is 0.365. The molecule has 5 nitrogen and oxygen atoms in total. The number of aryl methyl sites for hydroxylation is 1. The molecule has 1 N–H and O–H groups in total. The highest BCUT2D eigenvalue weighted by molar-refractivity contribution is 7.13. The van der Waals surface area contributed by atoms with Crippen LogP contribution in [0, 0.1) is 18.3 Å². The third-order valence-electron chi connectivity index (χ3n) is 2.71. The van der Waals surface area contributed by atoms with Crippen LogP contribution in [-0.2, 0) is 0 Å². The predicted octanol–water partition coefficient (Wildman–Crippen LogP) is 2.73. The monoisotopic (exact) mass is 257 g/mol. The van der Waals surface area contributed by atoms with E-state index in [1.165, 1.54) is 12.8 Å². The highest BCUT2D eigenvalue weighted by atomic mass is 32.1. The van der Waals surface area contributed by atoms with Crippen molar-refractivity contribution >= 4 is 22.4 Å². The summed E-state index contributed by atoms with van der Waals surface area (Å²) >= 11 is 1.55. The number of nitrogens with zero attached hydrogens (tertiary/aromatic N) is 4. The van der Waals surface area contributed by atoms with Crippen molar-refractivity contribution in [3.8, 4) is 6.07 Å². The fraction of sp³-hybridized carbons (Fsp3) is 0.333. The van der Waals surface area contributed by atoms with Gasteiger partial charge in [0.25, 0.3) is 0 Å². The van der Waals surface area contributed by atoms with Gasteiger partial charge in [-0.3, -0.25) is 5.32 Å². The topological polar surface area (TPSA) is 74.5 Å². The highest BCUT2D eigenvalue weighted by Crippen LogP contribution is 2.41. The van der Waals surface area contributed by atoms with Gasteiger partial charge in [-0.25, -0.2) is 15.0 Å². The fourth-order valence-corrected chi connectivity index (χ4v) is 2.47. The summed E-state index contributed by atoms with van der Waals surface area (Å²) in [7, 11) is 0. The molecule has 2 heterocycles. The molecule has 0 aliphatic heterocycles. The lowest BCUT2D eigenvalue weighted by molar-refractivity contribution is 1.04. The maximum Gasteiger partial charge on any atom is 0.230 e. The lowest BCUT2D eigenvalue weighted by Gasteiger charge is -2.01. The summed E-state index contributed by atoms with van der Waals surface area (Å²) in [5.74, 6) is 1.08. The number of nitriles is 1. The van der Waals surface area contributed by atoms with E-state index in [9.17, 15) is 0 Å². The standard InChI is InChI=1S/C12H11N5S/c1-7-4-9(5-13)15-11(14-7)17-12-16-10(6-18-12)8-2-3-8/h4,6,8H,2-3H2,1H3,(H,14,15,16,17). The van der Waals surface area contributed by atoms with E-state index in [0.29, 0.717) is 17.6 Å². The van der Waals surface area contributed by atoms with Crippen LogP contribution in [0.3, 0.4) is 0 Å². The first-order chi connectivity index (χ1) is 8.74. The molecule has 0 atom stereocenters. The van der Waals surface area contributed by atoms with E-state index >= 15 is 0 Å². The van der Waals surface area contributed by atoms with E-state index in [1.807, 2.05) is 13.0 Å². The van der Waals surface area contributed by atoms with Crippen LogP contribution in [0.4, 0.5) is 11.1 Å². The summed E-state index contributed by atoms with van der Waals surface area (Å²) in [6.07, 6.45) is 2.48. The van der Waals surface area contributed by atoms with Gasteiger partial charge in [-0.2, -0.15) is 5.26 Å². The summed E-state index contributed by atoms with van der Waals surface area (Å²) in [6.45, 7) is 1.84. The van der Waals surface area contributed by atoms with Crippen molar-refractivity contribution in [3.05, 3.63) is 28.5 Å². The Morgan fingerprint density at radius 1 is 1.39 bits per heavy atom. The van der Waals surface area contributed by atoms with E-state index in [2.05, 4.69) is 25.6 Å². The first-order valence-corrected chi connectivity index (χ1v) is 6.61. The van der Waals surface area contributed by atoms with Gasteiger partial charge in [0, 0.05) is 17.0 Å². The van der Waals surface area contributed by atoms with Crippen molar-refractivity contribution in [1.82, 2.24) is 15.0 Å². The van der Waals surface area contributed by atoms with Crippen LogP contribution in [-0.4, -0.2) is 15.0 Å². The molecule has 0 aromatic carbocycles. The Balaban J connectivity index is 1.82. The second kappa shape index (κ2) is 4.35. The molecule has 18 heavy (non-hydrogen) atoms. The summed E-state index contributed by atoms with van der Waals surface area (Å²) in [6, 6.07) is 3.67. The molecular formula is C12H11N5S. The first kappa shape index (κ1) is 11.1. The molecule has 2 aromatic heterocycles. The molecule has 3 rings (SSSR count). The molecule has 1 saturated carbocycles. The van der Waals surface area contributed by atoms with E-state index in [0.717, 1.165) is 16.5 Å². The second-order valence-electron chi connectivity index (χ2n) is 4.31. The van der Waals surface area contributed by atoms with Gasteiger partial charge < -0.3 is 0 Å². The molecule has 1 aliphatic carbocycles. The smallest absolute Gasteiger partial charge is 0.230 e. The number of hydrogen-bond acceptors (Lipinski definition) is 6. The van der Waals surface area contributed by atoms with Gasteiger partial charge in [-0.15, -0.1) is 11.3 Å². The molecule has 1 aliphatic rings. The van der Waals surface area contributed by atoms with Gasteiger partial charge in [0.05, 0.1) is 5.69 Å². The lowest BCUT2D eigenvalue weighted by atomic mass is 10.3. The minimum absolute atomic E-state index is 0.365. The molecule has 2 aromatic rings. The Bertz CT molecular complexity index is 624. The number of hydrogen-bond donors (Lipinski definition) is 1. The Labute approximate surface area is 109 Å². The average Bonchev–Trinajstić information content (AvgIpc) is 3.10. The Hall–Kier alpha value is -2.00. The Kier molecular flexibility index (Phi) is 2.68. The maximum atomic E-state index is 8.86.